The van der Waals surface area contributed by atoms with Gasteiger partial charge in [-0.05, 0) is 55.8 Å². The van der Waals surface area contributed by atoms with Gasteiger partial charge in [-0.25, -0.2) is 4.39 Å². The highest BCUT2D eigenvalue weighted by atomic mass is 32.1. The number of benzene rings is 2. The molecule has 0 unspecified atom stereocenters. The van der Waals surface area contributed by atoms with Crippen LogP contribution in [0.2, 0.25) is 0 Å². The second-order valence-electron chi connectivity index (χ2n) is 7.36. The summed E-state index contributed by atoms with van der Waals surface area (Å²) >= 11 is 1.55. The van der Waals surface area contributed by atoms with E-state index in [4.69, 9.17) is 4.99 Å². The number of aliphatic hydroxyl groups excluding tert-OH is 1. The lowest BCUT2D eigenvalue weighted by molar-refractivity contribution is 0.285. The predicted molar refractivity (Wildman–Crippen MR) is 120 cm³/mol. The molecule has 6 nitrogen and oxygen atoms in total. The maximum Gasteiger partial charge on any atom is 0.160 e. The summed E-state index contributed by atoms with van der Waals surface area (Å²) in [7, 11) is 0. The predicted octanol–water partition coefficient (Wildman–Crippen LogP) is 4.67. The quantitative estimate of drug-likeness (QED) is 0.490. The van der Waals surface area contributed by atoms with Gasteiger partial charge in [-0.15, -0.1) is 21.5 Å². The van der Waals surface area contributed by atoms with Crippen molar-refractivity contribution >= 4 is 28.4 Å². The molecule has 0 saturated heterocycles. The van der Waals surface area contributed by atoms with Crippen molar-refractivity contribution in [3.8, 4) is 5.00 Å². The van der Waals surface area contributed by atoms with E-state index in [-0.39, 0.29) is 12.4 Å². The molecule has 0 spiro atoms. The largest absolute Gasteiger partial charge is 0.391 e. The minimum atomic E-state index is -0.262. The Kier molecular flexibility index (Phi) is 4.88. The van der Waals surface area contributed by atoms with Crippen LogP contribution in [0.1, 0.15) is 33.2 Å². The maximum absolute atomic E-state index is 13.1. The summed E-state index contributed by atoms with van der Waals surface area (Å²) < 4.78 is 15.2. The smallest absolute Gasteiger partial charge is 0.160 e. The normalized spacial score (nSPS) is 12.7. The fourth-order valence-electron chi connectivity index (χ4n) is 3.78. The first-order valence-electron chi connectivity index (χ1n) is 9.87. The Labute approximate surface area is 182 Å². The summed E-state index contributed by atoms with van der Waals surface area (Å²) in [5.41, 5.74) is 5.61. The molecule has 3 heterocycles. The Morgan fingerprint density at radius 3 is 2.39 bits per heavy atom. The Morgan fingerprint density at radius 1 is 1.03 bits per heavy atom. The second-order valence-corrected chi connectivity index (χ2v) is 8.45. The number of aliphatic imine (C=N–C) groups is 1. The topological polar surface area (TPSA) is 75.3 Å². The molecule has 156 valence electrons. The maximum atomic E-state index is 13.1. The fourth-order valence-corrected chi connectivity index (χ4v) is 5.01. The van der Waals surface area contributed by atoms with Gasteiger partial charge in [0.25, 0.3) is 0 Å². The molecule has 31 heavy (non-hydrogen) atoms. The number of hydrogen-bond acceptors (Lipinski definition) is 6. The molecule has 2 N–H and O–H groups in total. The van der Waals surface area contributed by atoms with E-state index in [0.717, 1.165) is 55.3 Å². The zero-order valence-electron chi connectivity index (χ0n) is 17.1. The molecule has 0 fully saturated rings. The van der Waals surface area contributed by atoms with Gasteiger partial charge in [0.05, 0.1) is 12.3 Å². The number of aliphatic hydroxyl groups is 1. The summed E-state index contributed by atoms with van der Waals surface area (Å²) in [6.45, 7) is 4.36. The number of aryl methyl sites for hydroxylation is 1. The van der Waals surface area contributed by atoms with E-state index in [9.17, 15) is 9.50 Å². The van der Waals surface area contributed by atoms with E-state index in [1.54, 1.807) is 23.5 Å². The van der Waals surface area contributed by atoms with E-state index in [0.29, 0.717) is 6.54 Å². The van der Waals surface area contributed by atoms with Crippen molar-refractivity contribution in [2.45, 2.75) is 27.0 Å². The van der Waals surface area contributed by atoms with E-state index in [1.807, 2.05) is 42.7 Å². The summed E-state index contributed by atoms with van der Waals surface area (Å²) in [5, 5.41) is 22.6. The number of aromatic nitrogens is 3. The molecule has 0 radical (unpaired) electrons. The summed E-state index contributed by atoms with van der Waals surface area (Å²) in [6.07, 6.45) is 0. The van der Waals surface area contributed by atoms with Crippen molar-refractivity contribution in [1.82, 2.24) is 14.8 Å². The van der Waals surface area contributed by atoms with E-state index in [2.05, 4.69) is 15.5 Å². The lowest BCUT2D eigenvalue weighted by Crippen LogP contribution is -2.07. The first-order chi connectivity index (χ1) is 15.0. The number of anilines is 2. The highest BCUT2D eigenvalue weighted by Gasteiger charge is 2.27. The number of fused-ring (bicyclic) bond motifs is 3. The molecule has 1 aliphatic rings. The SMILES string of the molecule is Cc1c(CO)sc2c1C(c1ccc(Nc3ccc(F)cc3)cc1)=NCc1nnc(C)n1-2. The van der Waals surface area contributed by atoms with Crippen LogP contribution in [0.15, 0.2) is 53.5 Å². The zero-order valence-corrected chi connectivity index (χ0v) is 17.9. The van der Waals surface area contributed by atoms with Crippen LogP contribution in [0.5, 0.6) is 0 Å². The van der Waals surface area contributed by atoms with Crippen molar-refractivity contribution in [2.75, 3.05) is 5.32 Å². The minimum Gasteiger partial charge on any atom is -0.391 e. The van der Waals surface area contributed by atoms with E-state index >= 15 is 0 Å². The van der Waals surface area contributed by atoms with Gasteiger partial charge in [0.2, 0.25) is 0 Å². The zero-order chi connectivity index (χ0) is 21.5. The molecule has 2 aromatic heterocycles. The highest BCUT2D eigenvalue weighted by molar-refractivity contribution is 7.15. The molecular formula is C23H20FN5OS. The van der Waals surface area contributed by atoms with Crippen molar-refractivity contribution in [1.29, 1.82) is 0 Å². The highest BCUT2D eigenvalue weighted by Crippen LogP contribution is 2.36. The molecule has 4 aromatic rings. The Hall–Kier alpha value is -3.36. The number of halogens is 1. The fraction of sp³-hybridized carbons (Fsp3) is 0.174. The van der Waals surface area contributed by atoms with Crippen LogP contribution in [-0.2, 0) is 13.2 Å². The number of rotatable bonds is 4. The van der Waals surface area contributed by atoms with E-state index in [1.165, 1.54) is 12.1 Å². The number of nitrogens with one attached hydrogen (secondary N) is 1. The number of hydrogen-bond donors (Lipinski definition) is 2. The van der Waals surface area contributed by atoms with Crippen molar-refractivity contribution in [3.63, 3.8) is 0 Å². The van der Waals surface area contributed by atoms with Gasteiger partial charge in [-0.3, -0.25) is 9.56 Å². The minimum absolute atomic E-state index is 0.0200. The van der Waals surface area contributed by atoms with Crippen molar-refractivity contribution < 1.29 is 9.50 Å². The Bertz CT molecular complexity index is 1290. The Morgan fingerprint density at radius 2 is 1.71 bits per heavy atom. The van der Waals surface area contributed by atoms with Crippen LogP contribution < -0.4 is 5.32 Å². The third-order valence-corrected chi connectivity index (χ3v) is 6.63. The number of thiophene rings is 1. The van der Waals surface area contributed by atoms with Crippen molar-refractivity contribution in [2.24, 2.45) is 4.99 Å². The van der Waals surface area contributed by atoms with E-state index < -0.39 is 0 Å². The van der Waals surface area contributed by atoms with Gasteiger partial charge in [-0.1, -0.05) is 12.1 Å². The van der Waals surface area contributed by atoms with Crippen LogP contribution >= 0.6 is 11.3 Å². The molecule has 1 aliphatic heterocycles. The average Bonchev–Trinajstić information content (AvgIpc) is 3.24. The monoisotopic (exact) mass is 433 g/mol. The first kappa shape index (κ1) is 19.6. The summed E-state index contributed by atoms with van der Waals surface area (Å²) in [4.78, 5) is 5.79. The van der Waals surface area contributed by atoms with Gasteiger partial charge in [0, 0.05) is 27.4 Å². The lowest BCUT2D eigenvalue weighted by atomic mass is 9.99. The van der Waals surface area contributed by atoms with Crippen molar-refractivity contribution in [3.05, 3.63) is 87.6 Å². The molecule has 0 bridgehead atoms. The molecule has 0 amide bonds. The van der Waals surface area contributed by atoms with Crippen LogP contribution in [0.3, 0.4) is 0 Å². The molecular weight excluding hydrogens is 413 g/mol. The second kappa shape index (κ2) is 7.72. The number of nitrogens with zero attached hydrogens (tertiary/aromatic N) is 4. The van der Waals surface area contributed by atoms with Gasteiger partial charge in [0.15, 0.2) is 5.82 Å². The Balaban J connectivity index is 1.54. The van der Waals surface area contributed by atoms with Crippen LogP contribution in [0.25, 0.3) is 5.00 Å². The van der Waals surface area contributed by atoms with Crippen LogP contribution in [0.4, 0.5) is 15.8 Å². The molecule has 0 atom stereocenters. The van der Waals surface area contributed by atoms with Gasteiger partial charge >= 0.3 is 0 Å². The van der Waals surface area contributed by atoms with Gasteiger partial charge in [-0.2, -0.15) is 0 Å². The first-order valence-corrected chi connectivity index (χ1v) is 10.7. The standard InChI is InChI=1S/C23H20FN5OS/c1-13-19(12-30)31-23-21(13)22(25-11-20-28-27-14(2)29(20)23)15-3-7-17(8-4-15)26-18-9-5-16(24)6-10-18/h3-10,26,30H,11-12H2,1-2H3. The van der Waals surface area contributed by atoms with Gasteiger partial charge < -0.3 is 10.4 Å². The molecule has 0 aliphatic carbocycles. The molecule has 5 rings (SSSR count). The lowest BCUT2D eigenvalue weighted by Gasteiger charge is -2.11. The van der Waals surface area contributed by atoms with Crippen LogP contribution in [-0.4, -0.2) is 25.6 Å². The third kappa shape index (κ3) is 3.43. The average molecular weight is 434 g/mol. The summed E-state index contributed by atoms with van der Waals surface area (Å²) in [5.74, 6) is 1.33. The third-order valence-electron chi connectivity index (χ3n) is 5.37. The molecule has 8 heteroatoms. The van der Waals surface area contributed by atoms with Gasteiger partial charge in [0.1, 0.15) is 23.2 Å². The summed E-state index contributed by atoms with van der Waals surface area (Å²) in [6, 6.07) is 14.2. The molecule has 0 saturated carbocycles. The molecule has 2 aromatic carbocycles. The van der Waals surface area contributed by atoms with Crippen LogP contribution in [0, 0.1) is 19.7 Å².